The van der Waals surface area contributed by atoms with Crippen molar-refractivity contribution in [3.63, 3.8) is 0 Å². The van der Waals surface area contributed by atoms with Gasteiger partial charge in [0.25, 0.3) is 5.56 Å². The zero-order valence-corrected chi connectivity index (χ0v) is 13.3. The van der Waals surface area contributed by atoms with Crippen LogP contribution in [0.15, 0.2) is 41.7 Å². The second-order valence-corrected chi connectivity index (χ2v) is 5.49. The molecule has 24 heavy (non-hydrogen) atoms. The van der Waals surface area contributed by atoms with Gasteiger partial charge in [0.05, 0.1) is 5.35 Å². The van der Waals surface area contributed by atoms with Gasteiger partial charge in [-0.1, -0.05) is 24.3 Å². The predicted octanol–water partition coefficient (Wildman–Crippen LogP) is 0.554. The third kappa shape index (κ3) is 2.77. The number of aromatic nitrogens is 3. The molecular weight excluding hydrogens is 326 g/mol. The summed E-state index contributed by atoms with van der Waals surface area (Å²) in [5.74, 6) is -0.482. The second-order valence-electron chi connectivity index (χ2n) is 5.10. The van der Waals surface area contributed by atoms with Gasteiger partial charge in [0.2, 0.25) is 11.7 Å². The highest BCUT2D eigenvalue weighted by Gasteiger charge is 2.11. The Labute approximate surface area is 141 Å². The molecule has 120 valence electrons. The van der Waals surface area contributed by atoms with Gasteiger partial charge in [0.1, 0.15) is 11.3 Å². The van der Waals surface area contributed by atoms with Crippen molar-refractivity contribution in [3.8, 4) is 5.88 Å². The molecule has 2 aromatic rings. The number of H-pyrrole nitrogens is 1. The minimum Gasteiger partial charge on any atom is -0.494 e. The van der Waals surface area contributed by atoms with E-state index < -0.39 is 5.56 Å². The number of allylic oxidation sites excluding steroid dienone is 3. The molecule has 0 saturated carbocycles. The average Bonchev–Trinajstić information content (AvgIpc) is 2.56. The molecule has 0 unspecified atom stereocenters. The summed E-state index contributed by atoms with van der Waals surface area (Å²) in [6.07, 6.45) is 7.83. The molecule has 2 aromatic heterocycles. The van der Waals surface area contributed by atoms with E-state index in [9.17, 15) is 14.7 Å². The van der Waals surface area contributed by atoms with E-state index in [1.54, 1.807) is 30.4 Å². The van der Waals surface area contributed by atoms with Crippen LogP contribution in [0.3, 0.4) is 0 Å². The normalized spacial score (nSPS) is 13.5. The van der Waals surface area contributed by atoms with Crippen molar-refractivity contribution in [1.82, 2.24) is 14.5 Å². The first-order valence-electron chi connectivity index (χ1n) is 7.10. The molecule has 2 heterocycles. The molecule has 0 atom stereocenters. The standard InChI is InChI=1S/C17H13N3O3S/c1-2-8-20-16(23)12(15(22)19-17(20)24)9-11-7-6-10-4-3-5-13(21)14(10)18-11/h2-7,9,23H,1,8H2,(H,19,22,24). The fourth-order valence-electron chi connectivity index (χ4n) is 2.37. The summed E-state index contributed by atoms with van der Waals surface area (Å²) in [5, 5.41) is 11.4. The largest absolute Gasteiger partial charge is 0.494 e. The maximum Gasteiger partial charge on any atom is 0.262 e. The Bertz CT molecular complexity index is 1120. The molecule has 0 aliphatic heterocycles. The molecule has 3 rings (SSSR count). The van der Waals surface area contributed by atoms with Gasteiger partial charge >= 0.3 is 0 Å². The fourth-order valence-corrected chi connectivity index (χ4v) is 2.62. The van der Waals surface area contributed by atoms with Crippen LogP contribution in [0.4, 0.5) is 0 Å². The SMILES string of the molecule is C=CCn1c(O)c(C=c2ccc3c(n2)C(=O)C=CC=3)c(=O)[nH]c1=S. The number of hydrogen-bond acceptors (Lipinski definition) is 5. The highest BCUT2D eigenvalue weighted by molar-refractivity contribution is 7.71. The van der Waals surface area contributed by atoms with E-state index in [0.29, 0.717) is 16.3 Å². The summed E-state index contributed by atoms with van der Waals surface area (Å²) in [5.41, 5.74) is -0.211. The number of aromatic amines is 1. The third-order valence-corrected chi connectivity index (χ3v) is 3.84. The average molecular weight is 339 g/mol. The molecule has 7 heteroatoms. The Morgan fingerprint density at radius 2 is 2.17 bits per heavy atom. The molecule has 0 fully saturated rings. The number of nitrogens with zero attached hydrogens (tertiary/aromatic N) is 2. The Hall–Kier alpha value is -3.06. The summed E-state index contributed by atoms with van der Waals surface area (Å²) in [6.45, 7) is 3.84. The van der Waals surface area contributed by atoms with Gasteiger partial charge in [0.15, 0.2) is 4.77 Å². The number of aromatic hydroxyl groups is 1. The van der Waals surface area contributed by atoms with Gasteiger partial charge in [-0.05, 0) is 30.4 Å². The molecular formula is C17H13N3O3S. The number of ketones is 1. The van der Waals surface area contributed by atoms with Crippen LogP contribution >= 0.6 is 12.2 Å². The lowest BCUT2D eigenvalue weighted by atomic mass is 10.1. The summed E-state index contributed by atoms with van der Waals surface area (Å²) in [4.78, 5) is 30.7. The number of hydrogen-bond donors (Lipinski definition) is 2. The zero-order chi connectivity index (χ0) is 17.3. The van der Waals surface area contributed by atoms with Gasteiger partial charge in [0, 0.05) is 11.8 Å². The first kappa shape index (κ1) is 15.8. The zero-order valence-electron chi connectivity index (χ0n) is 12.5. The van der Waals surface area contributed by atoms with Crippen molar-refractivity contribution < 1.29 is 9.90 Å². The van der Waals surface area contributed by atoms with E-state index >= 15 is 0 Å². The molecule has 2 N–H and O–H groups in total. The monoisotopic (exact) mass is 339 g/mol. The van der Waals surface area contributed by atoms with Gasteiger partial charge in [-0.3, -0.25) is 19.1 Å². The predicted molar refractivity (Wildman–Crippen MR) is 92.7 cm³/mol. The van der Waals surface area contributed by atoms with Crippen LogP contribution in [-0.2, 0) is 6.54 Å². The molecule has 6 nitrogen and oxygen atoms in total. The van der Waals surface area contributed by atoms with E-state index in [4.69, 9.17) is 12.2 Å². The van der Waals surface area contributed by atoms with E-state index in [0.717, 1.165) is 0 Å². The van der Waals surface area contributed by atoms with Crippen LogP contribution in [0.5, 0.6) is 5.88 Å². The van der Waals surface area contributed by atoms with Crippen molar-refractivity contribution >= 4 is 30.2 Å². The molecule has 1 aliphatic carbocycles. The van der Waals surface area contributed by atoms with Crippen LogP contribution < -0.4 is 16.1 Å². The van der Waals surface area contributed by atoms with Gasteiger partial charge in [-0.15, -0.1) is 6.58 Å². The molecule has 0 saturated heterocycles. The van der Waals surface area contributed by atoms with Crippen LogP contribution in [0.1, 0.15) is 16.1 Å². The Kier molecular flexibility index (Phi) is 4.09. The van der Waals surface area contributed by atoms with Crippen molar-refractivity contribution in [2.24, 2.45) is 0 Å². The van der Waals surface area contributed by atoms with Crippen molar-refractivity contribution in [1.29, 1.82) is 0 Å². The first-order valence-corrected chi connectivity index (χ1v) is 7.50. The second kappa shape index (κ2) is 6.21. The van der Waals surface area contributed by atoms with E-state index in [1.807, 2.05) is 0 Å². The Morgan fingerprint density at radius 3 is 2.92 bits per heavy atom. The molecule has 0 bridgehead atoms. The molecule has 0 radical (unpaired) electrons. The smallest absolute Gasteiger partial charge is 0.262 e. The summed E-state index contributed by atoms with van der Waals surface area (Å²) >= 11 is 5.03. The van der Waals surface area contributed by atoms with Crippen molar-refractivity contribution in [2.45, 2.75) is 6.54 Å². The minimum absolute atomic E-state index is 0.0145. The fraction of sp³-hybridized carbons (Fsp3) is 0.0588. The Morgan fingerprint density at radius 1 is 1.38 bits per heavy atom. The minimum atomic E-state index is -0.532. The first-order chi connectivity index (χ1) is 11.5. The third-order valence-electron chi connectivity index (χ3n) is 3.52. The van der Waals surface area contributed by atoms with Crippen LogP contribution in [-0.4, -0.2) is 25.4 Å². The van der Waals surface area contributed by atoms with Crippen LogP contribution in [0.25, 0.3) is 12.2 Å². The van der Waals surface area contributed by atoms with E-state index in [-0.39, 0.29) is 28.5 Å². The molecule has 0 spiro atoms. The maximum absolute atomic E-state index is 12.1. The molecule has 0 aromatic carbocycles. The lowest BCUT2D eigenvalue weighted by Gasteiger charge is -2.08. The summed E-state index contributed by atoms with van der Waals surface area (Å²) in [6, 6.07) is 3.40. The van der Waals surface area contributed by atoms with Gasteiger partial charge in [-0.2, -0.15) is 0 Å². The molecule has 0 amide bonds. The molecule has 1 aliphatic rings. The highest BCUT2D eigenvalue weighted by atomic mass is 32.1. The Balaban J connectivity index is 2.24. The lowest BCUT2D eigenvalue weighted by molar-refractivity contribution is 0.104. The number of rotatable bonds is 3. The van der Waals surface area contributed by atoms with Crippen molar-refractivity contribution in [2.75, 3.05) is 0 Å². The number of pyridine rings is 1. The van der Waals surface area contributed by atoms with Crippen LogP contribution in [0, 0.1) is 4.77 Å². The highest BCUT2D eigenvalue weighted by Crippen LogP contribution is 2.13. The summed E-state index contributed by atoms with van der Waals surface area (Å²) in [7, 11) is 0. The van der Waals surface area contributed by atoms with E-state index in [1.165, 1.54) is 16.7 Å². The van der Waals surface area contributed by atoms with Gasteiger partial charge < -0.3 is 5.11 Å². The lowest BCUT2D eigenvalue weighted by Crippen LogP contribution is -2.25. The van der Waals surface area contributed by atoms with E-state index in [2.05, 4.69) is 16.5 Å². The summed E-state index contributed by atoms with van der Waals surface area (Å²) < 4.78 is 1.44. The van der Waals surface area contributed by atoms with Crippen LogP contribution in [0.2, 0.25) is 0 Å². The maximum atomic E-state index is 12.1. The number of fused-ring (bicyclic) bond motifs is 1. The van der Waals surface area contributed by atoms with Crippen molar-refractivity contribution in [3.05, 3.63) is 73.9 Å². The number of nitrogens with one attached hydrogen (secondary N) is 1. The van der Waals surface area contributed by atoms with Gasteiger partial charge in [-0.25, -0.2) is 4.98 Å². The number of carbonyl (C=O) groups is 1. The topological polar surface area (TPSA) is 88.0 Å². The number of carbonyl (C=O) groups excluding carboxylic acids is 1. The quantitative estimate of drug-likeness (QED) is 0.630.